The molecular weight excluding hydrogens is 260 g/mol. The predicted octanol–water partition coefficient (Wildman–Crippen LogP) is 3.51. The van der Waals surface area contributed by atoms with E-state index in [-0.39, 0.29) is 6.04 Å². The fraction of sp³-hybridized carbons (Fsp3) is 0.235. The fourth-order valence-electron chi connectivity index (χ4n) is 2.99. The lowest BCUT2D eigenvalue weighted by Crippen LogP contribution is -2.18. The van der Waals surface area contributed by atoms with E-state index in [0.717, 1.165) is 23.9 Å². The molecule has 1 aliphatic rings. The van der Waals surface area contributed by atoms with Crippen molar-refractivity contribution in [2.24, 2.45) is 0 Å². The number of hydrogen-bond acceptors (Lipinski definition) is 4. The Hall–Kier alpha value is -2.49. The van der Waals surface area contributed by atoms with Crippen molar-refractivity contribution in [1.29, 1.82) is 0 Å². The minimum atomic E-state index is 0.288. The van der Waals surface area contributed by atoms with Gasteiger partial charge in [0.1, 0.15) is 0 Å². The number of benzene rings is 1. The Balaban J connectivity index is 1.66. The highest BCUT2D eigenvalue weighted by atomic mass is 15.1. The zero-order valence-electron chi connectivity index (χ0n) is 11.7. The van der Waals surface area contributed by atoms with Gasteiger partial charge in [0.15, 0.2) is 5.65 Å². The molecule has 2 aromatic heterocycles. The van der Waals surface area contributed by atoms with Crippen LogP contribution in [0.4, 0.5) is 5.95 Å². The van der Waals surface area contributed by atoms with Crippen molar-refractivity contribution < 1.29 is 0 Å². The Morgan fingerprint density at radius 1 is 1.05 bits per heavy atom. The molecule has 21 heavy (non-hydrogen) atoms. The number of aromatic nitrogens is 3. The van der Waals surface area contributed by atoms with Crippen LogP contribution in [0.1, 0.15) is 30.0 Å². The van der Waals surface area contributed by atoms with Gasteiger partial charge in [0, 0.05) is 17.8 Å². The van der Waals surface area contributed by atoms with E-state index in [0.29, 0.717) is 5.95 Å². The van der Waals surface area contributed by atoms with Crippen LogP contribution in [0, 0.1) is 0 Å². The first-order valence-corrected chi connectivity index (χ1v) is 7.32. The van der Waals surface area contributed by atoms with E-state index in [1.807, 2.05) is 18.3 Å². The van der Waals surface area contributed by atoms with E-state index < -0.39 is 0 Å². The summed E-state index contributed by atoms with van der Waals surface area (Å²) >= 11 is 0. The second-order valence-electron chi connectivity index (χ2n) is 5.40. The summed E-state index contributed by atoms with van der Waals surface area (Å²) in [5.74, 6) is 0.655. The van der Waals surface area contributed by atoms with Crippen molar-refractivity contribution in [3.63, 3.8) is 0 Å². The van der Waals surface area contributed by atoms with E-state index in [1.165, 1.54) is 17.5 Å². The third kappa shape index (κ3) is 2.33. The molecule has 0 radical (unpaired) electrons. The number of pyridine rings is 1. The molecule has 0 spiro atoms. The van der Waals surface area contributed by atoms with Crippen LogP contribution in [0.2, 0.25) is 0 Å². The van der Waals surface area contributed by atoms with Crippen LogP contribution in [0.15, 0.2) is 48.8 Å². The average Bonchev–Trinajstić information content (AvgIpc) is 2.55. The second kappa shape index (κ2) is 5.13. The van der Waals surface area contributed by atoms with E-state index in [9.17, 15) is 0 Å². The number of hydrogen-bond donors (Lipinski definition) is 1. The van der Waals surface area contributed by atoms with Gasteiger partial charge in [0.05, 0.1) is 6.04 Å². The van der Waals surface area contributed by atoms with Gasteiger partial charge in [-0.1, -0.05) is 24.3 Å². The number of fused-ring (bicyclic) bond motifs is 2. The van der Waals surface area contributed by atoms with Gasteiger partial charge in [-0.3, -0.25) is 0 Å². The molecule has 3 aromatic rings. The van der Waals surface area contributed by atoms with Crippen molar-refractivity contribution in [2.75, 3.05) is 5.32 Å². The monoisotopic (exact) mass is 276 g/mol. The molecule has 0 amide bonds. The van der Waals surface area contributed by atoms with Gasteiger partial charge in [0.25, 0.3) is 0 Å². The van der Waals surface area contributed by atoms with Crippen LogP contribution >= 0.6 is 0 Å². The smallest absolute Gasteiger partial charge is 0.225 e. The highest BCUT2D eigenvalue weighted by Gasteiger charge is 2.20. The molecule has 1 aliphatic carbocycles. The van der Waals surface area contributed by atoms with Crippen molar-refractivity contribution in [1.82, 2.24) is 15.0 Å². The Bertz CT molecular complexity index is 784. The molecule has 0 saturated carbocycles. The van der Waals surface area contributed by atoms with Gasteiger partial charge in [-0.15, -0.1) is 0 Å². The number of nitrogens with zero attached hydrogens (tertiary/aromatic N) is 3. The van der Waals surface area contributed by atoms with E-state index in [1.54, 1.807) is 6.20 Å². The molecule has 1 aromatic carbocycles. The van der Waals surface area contributed by atoms with Gasteiger partial charge < -0.3 is 5.32 Å². The lowest BCUT2D eigenvalue weighted by atomic mass is 9.88. The first-order chi connectivity index (χ1) is 10.4. The van der Waals surface area contributed by atoms with Gasteiger partial charge in [-0.2, -0.15) is 4.98 Å². The molecule has 0 bridgehead atoms. The lowest BCUT2D eigenvalue weighted by molar-refractivity contribution is 0.597. The summed E-state index contributed by atoms with van der Waals surface area (Å²) in [4.78, 5) is 13.2. The van der Waals surface area contributed by atoms with E-state index in [4.69, 9.17) is 0 Å². The van der Waals surface area contributed by atoms with Crippen LogP contribution in [-0.2, 0) is 6.42 Å². The Morgan fingerprint density at radius 3 is 3.00 bits per heavy atom. The minimum Gasteiger partial charge on any atom is -0.347 e. The molecule has 0 saturated heterocycles. The average molecular weight is 276 g/mol. The molecular formula is C17H16N4. The quantitative estimate of drug-likeness (QED) is 0.778. The second-order valence-corrected chi connectivity index (χ2v) is 5.40. The molecule has 4 heteroatoms. The maximum Gasteiger partial charge on any atom is 0.225 e. The summed E-state index contributed by atoms with van der Waals surface area (Å²) in [7, 11) is 0. The summed E-state index contributed by atoms with van der Waals surface area (Å²) in [6, 6.07) is 12.8. The van der Waals surface area contributed by atoms with Gasteiger partial charge >= 0.3 is 0 Å². The summed E-state index contributed by atoms with van der Waals surface area (Å²) in [5.41, 5.74) is 3.53. The molecule has 4 nitrogen and oxygen atoms in total. The highest BCUT2D eigenvalue weighted by Crippen LogP contribution is 2.31. The Kier molecular flexibility index (Phi) is 2.99. The lowest BCUT2D eigenvalue weighted by Gasteiger charge is -2.26. The number of rotatable bonds is 2. The number of aryl methyl sites for hydroxylation is 1. The number of anilines is 1. The van der Waals surface area contributed by atoms with Crippen molar-refractivity contribution in [3.05, 3.63) is 59.9 Å². The highest BCUT2D eigenvalue weighted by molar-refractivity contribution is 5.74. The largest absolute Gasteiger partial charge is 0.347 e. The molecule has 0 aliphatic heterocycles. The molecule has 2 heterocycles. The van der Waals surface area contributed by atoms with Crippen LogP contribution in [0.25, 0.3) is 11.0 Å². The van der Waals surface area contributed by atoms with E-state index >= 15 is 0 Å². The zero-order chi connectivity index (χ0) is 14.1. The first kappa shape index (κ1) is 12.3. The van der Waals surface area contributed by atoms with Crippen molar-refractivity contribution >= 4 is 17.0 Å². The molecule has 4 rings (SSSR count). The van der Waals surface area contributed by atoms with E-state index in [2.05, 4.69) is 44.5 Å². The summed E-state index contributed by atoms with van der Waals surface area (Å²) in [6.45, 7) is 0. The first-order valence-electron chi connectivity index (χ1n) is 7.32. The molecule has 104 valence electrons. The Morgan fingerprint density at radius 2 is 2.00 bits per heavy atom. The third-order valence-corrected chi connectivity index (χ3v) is 4.03. The minimum absolute atomic E-state index is 0.288. The summed E-state index contributed by atoms with van der Waals surface area (Å²) in [6.07, 6.45) is 7.05. The molecule has 1 N–H and O–H groups in total. The van der Waals surface area contributed by atoms with Crippen LogP contribution < -0.4 is 5.32 Å². The third-order valence-electron chi connectivity index (χ3n) is 4.03. The Labute approximate surface area is 123 Å². The topological polar surface area (TPSA) is 50.7 Å². The van der Waals surface area contributed by atoms with Crippen LogP contribution in [-0.4, -0.2) is 15.0 Å². The van der Waals surface area contributed by atoms with Gasteiger partial charge in [-0.25, -0.2) is 9.97 Å². The summed E-state index contributed by atoms with van der Waals surface area (Å²) < 4.78 is 0. The summed E-state index contributed by atoms with van der Waals surface area (Å²) in [5, 5.41) is 4.43. The van der Waals surface area contributed by atoms with Crippen LogP contribution in [0.5, 0.6) is 0 Å². The zero-order valence-corrected chi connectivity index (χ0v) is 11.7. The van der Waals surface area contributed by atoms with Gasteiger partial charge in [-0.05, 0) is 42.5 Å². The van der Waals surface area contributed by atoms with Crippen molar-refractivity contribution in [3.8, 4) is 0 Å². The molecule has 0 fully saturated rings. The molecule has 1 unspecified atom stereocenters. The maximum atomic E-state index is 4.51. The SMILES string of the molecule is c1ccc2c(c1)CCCC2Nc1ncc2cccnc2n1. The standard InChI is InChI=1S/C17H16N4/c1-2-8-14-12(5-1)6-3-9-15(14)20-17-19-11-13-7-4-10-18-16(13)21-17/h1-2,4-5,7-8,10-11,15H,3,6,9H2,(H,18,19,20,21). The maximum absolute atomic E-state index is 4.51. The normalized spacial score (nSPS) is 17.4. The van der Waals surface area contributed by atoms with Crippen LogP contribution in [0.3, 0.4) is 0 Å². The van der Waals surface area contributed by atoms with Crippen molar-refractivity contribution in [2.45, 2.75) is 25.3 Å². The molecule has 1 atom stereocenters. The van der Waals surface area contributed by atoms with Gasteiger partial charge in [0.2, 0.25) is 5.95 Å². The predicted molar refractivity (Wildman–Crippen MR) is 83.1 cm³/mol. The number of nitrogens with one attached hydrogen (secondary N) is 1. The fourth-order valence-corrected chi connectivity index (χ4v) is 2.99.